The Morgan fingerprint density at radius 1 is 1.06 bits per heavy atom. The molecule has 0 spiro atoms. The first kappa shape index (κ1) is 12.5. The largest absolute Gasteiger partial charge is 0.381 e. The van der Waals surface area contributed by atoms with Gasteiger partial charge in [-0.15, -0.1) is 0 Å². The molecule has 0 aliphatic rings. The van der Waals surface area contributed by atoms with Crippen LogP contribution in [0.4, 0.5) is 30.5 Å². The third-order valence-electron chi connectivity index (χ3n) is 2.14. The highest BCUT2D eigenvalue weighted by molar-refractivity contribution is 6.30. The Balaban J connectivity index is 2.37. The Hall–Kier alpha value is -1.95. The molecular formula is C11H7ClF3N3. The van der Waals surface area contributed by atoms with E-state index in [2.05, 4.69) is 10.3 Å². The molecule has 0 radical (unpaired) electrons. The van der Waals surface area contributed by atoms with E-state index in [-0.39, 0.29) is 16.5 Å². The summed E-state index contributed by atoms with van der Waals surface area (Å²) in [5.74, 6) is -3.49. The van der Waals surface area contributed by atoms with E-state index in [1.165, 1.54) is 12.1 Å². The number of nitrogens with zero attached hydrogens (tertiary/aromatic N) is 1. The summed E-state index contributed by atoms with van der Waals surface area (Å²) in [6.07, 6.45) is 0. The Labute approximate surface area is 105 Å². The highest BCUT2D eigenvalue weighted by atomic mass is 35.5. The van der Waals surface area contributed by atoms with Crippen molar-refractivity contribution in [3.8, 4) is 0 Å². The lowest BCUT2D eigenvalue weighted by Gasteiger charge is -2.08. The van der Waals surface area contributed by atoms with Gasteiger partial charge >= 0.3 is 0 Å². The fourth-order valence-corrected chi connectivity index (χ4v) is 1.45. The first-order chi connectivity index (χ1) is 8.47. The standard InChI is InChI=1S/C11H7ClF3N3/c12-5-1-2-9(6(13)3-5)17-11-8(15)4-7(14)10(16)18-11/h1-4H,(H3,16,17,18). The van der Waals surface area contributed by atoms with Crippen molar-refractivity contribution < 1.29 is 13.2 Å². The molecule has 7 heteroatoms. The van der Waals surface area contributed by atoms with E-state index in [0.29, 0.717) is 6.07 Å². The lowest BCUT2D eigenvalue weighted by atomic mass is 10.3. The molecule has 3 nitrogen and oxygen atoms in total. The number of aromatic nitrogens is 1. The fourth-order valence-electron chi connectivity index (χ4n) is 1.29. The molecule has 0 aliphatic heterocycles. The minimum Gasteiger partial charge on any atom is -0.381 e. The second kappa shape index (κ2) is 4.73. The van der Waals surface area contributed by atoms with Gasteiger partial charge in [-0.2, -0.15) is 0 Å². The van der Waals surface area contributed by atoms with Gasteiger partial charge in [0.2, 0.25) is 0 Å². The molecule has 0 amide bonds. The molecule has 94 valence electrons. The second-order valence-electron chi connectivity index (χ2n) is 3.44. The van der Waals surface area contributed by atoms with Crippen LogP contribution in [0.2, 0.25) is 5.02 Å². The Morgan fingerprint density at radius 2 is 1.78 bits per heavy atom. The minimum atomic E-state index is -0.977. The number of anilines is 3. The van der Waals surface area contributed by atoms with E-state index < -0.39 is 23.3 Å². The monoisotopic (exact) mass is 273 g/mol. The van der Waals surface area contributed by atoms with Crippen LogP contribution in [0.1, 0.15) is 0 Å². The van der Waals surface area contributed by atoms with Gasteiger partial charge in [0.25, 0.3) is 0 Å². The number of hydrogen-bond acceptors (Lipinski definition) is 3. The van der Waals surface area contributed by atoms with Crippen LogP contribution in [-0.4, -0.2) is 4.98 Å². The van der Waals surface area contributed by atoms with Crippen molar-refractivity contribution in [3.63, 3.8) is 0 Å². The van der Waals surface area contributed by atoms with Gasteiger partial charge in [0.1, 0.15) is 5.82 Å². The SMILES string of the molecule is Nc1nc(Nc2ccc(Cl)cc2F)c(F)cc1F. The van der Waals surface area contributed by atoms with Crippen LogP contribution in [-0.2, 0) is 0 Å². The Kier molecular flexibility index (Phi) is 3.29. The van der Waals surface area contributed by atoms with Gasteiger partial charge < -0.3 is 11.1 Å². The Morgan fingerprint density at radius 3 is 2.44 bits per heavy atom. The molecule has 0 saturated heterocycles. The summed E-state index contributed by atoms with van der Waals surface area (Å²) in [6.45, 7) is 0. The lowest BCUT2D eigenvalue weighted by Crippen LogP contribution is -2.04. The van der Waals surface area contributed by atoms with Crippen LogP contribution < -0.4 is 11.1 Å². The number of nitrogens with one attached hydrogen (secondary N) is 1. The molecule has 0 bridgehead atoms. The van der Waals surface area contributed by atoms with E-state index in [1.807, 2.05) is 0 Å². The van der Waals surface area contributed by atoms with Gasteiger partial charge in [-0.25, -0.2) is 18.2 Å². The van der Waals surface area contributed by atoms with E-state index in [9.17, 15) is 13.2 Å². The lowest BCUT2D eigenvalue weighted by molar-refractivity contribution is 0.580. The summed E-state index contributed by atoms with van der Waals surface area (Å²) < 4.78 is 39.7. The molecule has 1 heterocycles. The summed E-state index contributed by atoms with van der Waals surface area (Å²) in [5.41, 5.74) is 5.15. The number of rotatable bonds is 2. The number of halogens is 4. The highest BCUT2D eigenvalue weighted by Gasteiger charge is 2.11. The summed E-state index contributed by atoms with van der Waals surface area (Å²) in [4.78, 5) is 3.45. The first-order valence-corrected chi connectivity index (χ1v) is 5.19. The zero-order chi connectivity index (χ0) is 13.3. The van der Waals surface area contributed by atoms with Crippen molar-refractivity contribution >= 4 is 28.9 Å². The molecular weight excluding hydrogens is 267 g/mol. The van der Waals surface area contributed by atoms with E-state index in [4.69, 9.17) is 17.3 Å². The topological polar surface area (TPSA) is 50.9 Å². The number of nitrogens with two attached hydrogens (primary N) is 1. The molecule has 0 fully saturated rings. The summed E-state index contributed by atoms with van der Waals surface area (Å²) >= 11 is 5.57. The van der Waals surface area contributed by atoms with Crippen LogP contribution in [0.15, 0.2) is 24.3 Å². The molecule has 1 aromatic heterocycles. The number of nitrogen functional groups attached to an aromatic ring is 1. The third kappa shape index (κ3) is 2.48. The summed E-state index contributed by atoms with van der Waals surface area (Å²) in [7, 11) is 0. The maximum atomic E-state index is 13.4. The molecule has 0 atom stereocenters. The normalized spacial score (nSPS) is 10.4. The van der Waals surface area contributed by atoms with Crippen molar-refractivity contribution in [2.75, 3.05) is 11.1 Å². The van der Waals surface area contributed by atoms with E-state index in [1.54, 1.807) is 0 Å². The predicted molar refractivity (Wildman–Crippen MR) is 63.3 cm³/mol. The molecule has 3 N–H and O–H groups in total. The van der Waals surface area contributed by atoms with E-state index in [0.717, 1.165) is 6.07 Å². The van der Waals surface area contributed by atoms with Crippen LogP contribution in [0, 0.1) is 17.5 Å². The molecule has 0 unspecified atom stereocenters. The molecule has 1 aromatic carbocycles. The fraction of sp³-hybridized carbons (Fsp3) is 0. The zero-order valence-corrected chi connectivity index (χ0v) is 9.60. The van der Waals surface area contributed by atoms with Crippen molar-refractivity contribution in [3.05, 3.63) is 46.7 Å². The minimum absolute atomic E-state index is 0.0446. The molecule has 2 aromatic rings. The molecule has 0 aliphatic carbocycles. The zero-order valence-electron chi connectivity index (χ0n) is 8.85. The average Bonchev–Trinajstić information content (AvgIpc) is 2.29. The van der Waals surface area contributed by atoms with Gasteiger partial charge in [0.05, 0.1) is 5.69 Å². The number of hydrogen-bond donors (Lipinski definition) is 2. The smallest absolute Gasteiger partial charge is 0.169 e. The van der Waals surface area contributed by atoms with Gasteiger partial charge in [-0.3, -0.25) is 0 Å². The highest BCUT2D eigenvalue weighted by Crippen LogP contribution is 2.24. The maximum absolute atomic E-state index is 13.4. The van der Waals surface area contributed by atoms with Crippen LogP contribution in [0.25, 0.3) is 0 Å². The second-order valence-corrected chi connectivity index (χ2v) is 3.87. The quantitative estimate of drug-likeness (QED) is 0.881. The van der Waals surface area contributed by atoms with Crippen molar-refractivity contribution in [2.45, 2.75) is 0 Å². The summed E-state index contributed by atoms with van der Waals surface area (Å²) in [5, 5.41) is 2.57. The average molecular weight is 274 g/mol. The van der Waals surface area contributed by atoms with Crippen LogP contribution in [0.3, 0.4) is 0 Å². The van der Waals surface area contributed by atoms with Crippen molar-refractivity contribution in [2.24, 2.45) is 0 Å². The van der Waals surface area contributed by atoms with E-state index >= 15 is 0 Å². The van der Waals surface area contributed by atoms with Gasteiger partial charge in [0.15, 0.2) is 23.3 Å². The van der Waals surface area contributed by atoms with Gasteiger partial charge in [0, 0.05) is 11.1 Å². The van der Waals surface area contributed by atoms with Crippen molar-refractivity contribution in [1.82, 2.24) is 4.98 Å². The molecule has 18 heavy (non-hydrogen) atoms. The van der Waals surface area contributed by atoms with Gasteiger partial charge in [-0.1, -0.05) is 11.6 Å². The number of benzene rings is 1. The maximum Gasteiger partial charge on any atom is 0.169 e. The Bertz CT molecular complexity index is 604. The predicted octanol–water partition coefficient (Wildman–Crippen LogP) is 3.48. The summed E-state index contributed by atoms with van der Waals surface area (Å²) in [6, 6.07) is 4.34. The number of pyridine rings is 1. The molecule has 0 saturated carbocycles. The van der Waals surface area contributed by atoms with Crippen LogP contribution >= 0.6 is 11.6 Å². The third-order valence-corrected chi connectivity index (χ3v) is 2.38. The van der Waals surface area contributed by atoms with Gasteiger partial charge in [-0.05, 0) is 18.2 Å². The first-order valence-electron chi connectivity index (χ1n) is 4.81. The molecule has 2 rings (SSSR count). The van der Waals surface area contributed by atoms with Crippen LogP contribution in [0.5, 0.6) is 0 Å². The van der Waals surface area contributed by atoms with Crippen molar-refractivity contribution in [1.29, 1.82) is 0 Å².